The third kappa shape index (κ3) is 3.66. The van der Waals surface area contributed by atoms with Gasteiger partial charge in [-0.1, -0.05) is 36.6 Å². The summed E-state index contributed by atoms with van der Waals surface area (Å²) < 4.78 is 10.6. The molecule has 0 aromatic heterocycles. The second-order valence-electron chi connectivity index (χ2n) is 7.93. The number of halogens is 1. The Morgan fingerprint density at radius 1 is 1.06 bits per heavy atom. The number of aliphatic hydroxyl groups is 1. The maximum absolute atomic E-state index is 13.2. The summed E-state index contributed by atoms with van der Waals surface area (Å²) in [5.74, 6) is -1.30. The van der Waals surface area contributed by atoms with Crippen LogP contribution in [0.1, 0.15) is 42.9 Å². The highest BCUT2D eigenvalue weighted by molar-refractivity contribution is 6.46. The fraction of sp³-hybridized carbons (Fsp3) is 0.333. The topological polar surface area (TPSA) is 96.3 Å². The minimum atomic E-state index is -0.837. The molecule has 0 bridgehead atoms. The summed E-state index contributed by atoms with van der Waals surface area (Å²) in [6.07, 6.45) is 3.48. The molecule has 1 heterocycles. The lowest BCUT2D eigenvalue weighted by atomic mass is 9.94. The lowest BCUT2D eigenvalue weighted by molar-refractivity contribution is -0.141. The van der Waals surface area contributed by atoms with E-state index in [1.807, 2.05) is 0 Å². The molecule has 2 N–H and O–H groups in total. The molecular weight excluding hydrogens is 434 g/mol. The Hall–Kier alpha value is -3.19. The molecule has 1 atom stereocenters. The number of amides is 1. The molecule has 7 nitrogen and oxygen atoms in total. The third-order valence-corrected chi connectivity index (χ3v) is 6.41. The fourth-order valence-corrected chi connectivity index (χ4v) is 4.85. The molecule has 32 heavy (non-hydrogen) atoms. The van der Waals surface area contributed by atoms with Crippen molar-refractivity contribution in [2.75, 3.05) is 14.2 Å². The first-order chi connectivity index (χ1) is 15.4. The number of phenolic OH excluding ortho intramolecular Hbond substituents is 1. The van der Waals surface area contributed by atoms with Crippen LogP contribution in [0.15, 0.2) is 42.0 Å². The van der Waals surface area contributed by atoms with Crippen LogP contribution >= 0.6 is 11.6 Å². The van der Waals surface area contributed by atoms with Crippen molar-refractivity contribution in [2.45, 2.75) is 37.8 Å². The molecular formula is C24H24ClNO6. The number of ether oxygens (including phenoxy) is 2. The number of phenols is 1. The van der Waals surface area contributed by atoms with Gasteiger partial charge in [0, 0.05) is 12.1 Å². The average molecular weight is 458 g/mol. The molecule has 1 aliphatic carbocycles. The van der Waals surface area contributed by atoms with Crippen molar-refractivity contribution in [3.8, 4) is 17.2 Å². The Bertz CT molecular complexity index is 1110. The molecule has 1 unspecified atom stereocenters. The quantitative estimate of drug-likeness (QED) is 0.392. The minimum Gasteiger partial charge on any atom is -0.508 e. The normalized spacial score (nSPS) is 20.7. The van der Waals surface area contributed by atoms with E-state index in [1.54, 1.807) is 17.0 Å². The van der Waals surface area contributed by atoms with Gasteiger partial charge in [-0.3, -0.25) is 9.59 Å². The second-order valence-corrected chi connectivity index (χ2v) is 8.33. The maximum Gasteiger partial charge on any atom is 0.295 e. The number of methoxy groups -OCH3 is 2. The number of hydrogen-bond donors (Lipinski definition) is 2. The standard InChI is InChI=1S/C24H24ClNO6/c1-31-18-12-17(25)19(32-2)11-16(18)22(28)20-21(13-6-5-9-15(27)10-13)26(24(30)23(20)29)14-7-3-4-8-14/h5-6,9-12,14,21,27-28H,3-4,7-8H2,1-2H3/b22-20+. The number of aliphatic hydroxyl groups excluding tert-OH is 1. The van der Waals surface area contributed by atoms with Gasteiger partial charge in [-0.15, -0.1) is 0 Å². The molecule has 4 rings (SSSR count). The molecule has 8 heteroatoms. The van der Waals surface area contributed by atoms with Crippen molar-refractivity contribution in [1.82, 2.24) is 4.90 Å². The van der Waals surface area contributed by atoms with Crippen LogP contribution in [0.3, 0.4) is 0 Å². The van der Waals surface area contributed by atoms with E-state index in [2.05, 4.69) is 0 Å². The van der Waals surface area contributed by atoms with Crippen molar-refractivity contribution in [1.29, 1.82) is 0 Å². The number of rotatable bonds is 5. The van der Waals surface area contributed by atoms with Gasteiger partial charge in [-0.05, 0) is 36.6 Å². The van der Waals surface area contributed by atoms with Crippen molar-refractivity contribution in [2.24, 2.45) is 0 Å². The molecule has 1 amide bonds. The summed E-state index contributed by atoms with van der Waals surface area (Å²) in [6.45, 7) is 0. The van der Waals surface area contributed by atoms with E-state index >= 15 is 0 Å². The summed E-state index contributed by atoms with van der Waals surface area (Å²) in [6, 6.07) is 8.38. The van der Waals surface area contributed by atoms with Gasteiger partial charge in [-0.25, -0.2) is 0 Å². The van der Waals surface area contributed by atoms with E-state index < -0.39 is 17.7 Å². The molecule has 1 saturated heterocycles. The average Bonchev–Trinajstić information content (AvgIpc) is 3.40. The molecule has 0 spiro atoms. The van der Waals surface area contributed by atoms with E-state index in [1.165, 1.54) is 38.5 Å². The molecule has 0 radical (unpaired) electrons. The third-order valence-electron chi connectivity index (χ3n) is 6.11. The summed E-state index contributed by atoms with van der Waals surface area (Å²) in [7, 11) is 2.85. The van der Waals surface area contributed by atoms with Gasteiger partial charge < -0.3 is 24.6 Å². The van der Waals surface area contributed by atoms with E-state index in [4.69, 9.17) is 21.1 Å². The summed E-state index contributed by atoms with van der Waals surface area (Å²) in [4.78, 5) is 27.9. The Morgan fingerprint density at radius 3 is 2.38 bits per heavy atom. The molecule has 1 aliphatic heterocycles. The van der Waals surface area contributed by atoms with Gasteiger partial charge in [-0.2, -0.15) is 0 Å². The monoisotopic (exact) mass is 457 g/mol. The minimum absolute atomic E-state index is 0.00486. The number of Topliss-reactive ketones (excluding diaryl/α,β-unsaturated/α-hetero) is 1. The van der Waals surface area contributed by atoms with Gasteiger partial charge in [0.1, 0.15) is 23.0 Å². The zero-order chi connectivity index (χ0) is 23.0. The lowest BCUT2D eigenvalue weighted by Crippen LogP contribution is -2.37. The Kier molecular flexibility index (Phi) is 6.02. The second kappa shape index (κ2) is 8.74. The van der Waals surface area contributed by atoms with Gasteiger partial charge >= 0.3 is 0 Å². The lowest BCUT2D eigenvalue weighted by Gasteiger charge is -2.30. The molecule has 2 aliphatic rings. The van der Waals surface area contributed by atoms with E-state index in [-0.39, 0.29) is 45.2 Å². The van der Waals surface area contributed by atoms with E-state index in [0.717, 1.165) is 25.7 Å². The van der Waals surface area contributed by atoms with Gasteiger partial charge in [0.2, 0.25) is 0 Å². The van der Waals surface area contributed by atoms with E-state index in [0.29, 0.717) is 5.56 Å². The molecule has 1 saturated carbocycles. The van der Waals surface area contributed by atoms with Crippen LogP contribution in [-0.4, -0.2) is 47.1 Å². The van der Waals surface area contributed by atoms with E-state index in [9.17, 15) is 19.8 Å². The highest BCUT2D eigenvalue weighted by atomic mass is 35.5. The van der Waals surface area contributed by atoms with Crippen LogP contribution in [0.4, 0.5) is 0 Å². The number of likely N-dealkylation sites (tertiary alicyclic amines) is 1. The molecule has 2 fully saturated rings. The number of benzene rings is 2. The number of ketones is 1. The molecule has 168 valence electrons. The SMILES string of the molecule is COc1cc(/C(O)=C2\C(=O)C(=O)N(C3CCCC3)C2c2cccc(O)c2)c(OC)cc1Cl. The predicted octanol–water partition coefficient (Wildman–Crippen LogP) is 4.43. The summed E-state index contributed by atoms with van der Waals surface area (Å²) in [5.41, 5.74) is 0.663. The van der Waals surface area contributed by atoms with Crippen molar-refractivity contribution < 1.29 is 29.3 Å². The highest BCUT2D eigenvalue weighted by Crippen LogP contribution is 2.45. The van der Waals surface area contributed by atoms with Gasteiger partial charge in [0.05, 0.1) is 36.4 Å². The number of nitrogens with zero attached hydrogens (tertiary/aromatic N) is 1. The Balaban J connectivity index is 1.95. The van der Waals surface area contributed by atoms with Crippen LogP contribution in [0.2, 0.25) is 5.02 Å². The molecule has 2 aromatic carbocycles. The van der Waals surface area contributed by atoms with Crippen molar-refractivity contribution >= 4 is 29.1 Å². The van der Waals surface area contributed by atoms with Crippen molar-refractivity contribution in [3.05, 3.63) is 58.1 Å². The maximum atomic E-state index is 13.2. The van der Waals surface area contributed by atoms with Gasteiger partial charge in [0.15, 0.2) is 0 Å². The number of carbonyl (C=O) groups excluding carboxylic acids is 2. The van der Waals surface area contributed by atoms with Crippen LogP contribution in [0.5, 0.6) is 17.2 Å². The van der Waals surface area contributed by atoms with Gasteiger partial charge in [0.25, 0.3) is 11.7 Å². The number of hydrogen-bond acceptors (Lipinski definition) is 6. The Morgan fingerprint density at radius 2 is 1.75 bits per heavy atom. The first-order valence-electron chi connectivity index (χ1n) is 10.4. The zero-order valence-electron chi connectivity index (χ0n) is 17.8. The van der Waals surface area contributed by atoms with Crippen LogP contribution in [0, 0.1) is 0 Å². The van der Waals surface area contributed by atoms with Crippen LogP contribution < -0.4 is 9.47 Å². The summed E-state index contributed by atoms with van der Waals surface area (Å²) >= 11 is 6.19. The van der Waals surface area contributed by atoms with Crippen molar-refractivity contribution in [3.63, 3.8) is 0 Å². The number of aromatic hydroxyl groups is 1. The smallest absolute Gasteiger partial charge is 0.295 e. The predicted molar refractivity (Wildman–Crippen MR) is 119 cm³/mol. The number of carbonyl (C=O) groups is 2. The largest absolute Gasteiger partial charge is 0.508 e. The highest BCUT2D eigenvalue weighted by Gasteiger charge is 2.49. The van der Waals surface area contributed by atoms with Crippen LogP contribution in [-0.2, 0) is 9.59 Å². The zero-order valence-corrected chi connectivity index (χ0v) is 18.6. The first-order valence-corrected chi connectivity index (χ1v) is 10.8. The first kappa shape index (κ1) is 22.0. The molecule has 2 aromatic rings. The Labute approximate surface area is 190 Å². The van der Waals surface area contributed by atoms with Crippen LogP contribution in [0.25, 0.3) is 5.76 Å². The summed E-state index contributed by atoms with van der Waals surface area (Å²) in [5, 5.41) is 21.7. The fourth-order valence-electron chi connectivity index (χ4n) is 4.62.